The molecule has 1 spiro atoms. The third-order valence-electron chi connectivity index (χ3n) is 12.6. The van der Waals surface area contributed by atoms with Crippen molar-refractivity contribution in [3.63, 3.8) is 0 Å². The van der Waals surface area contributed by atoms with Gasteiger partial charge in [0.15, 0.2) is 23.2 Å². The quantitative estimate of drug-likeness (QED) is 0.164. The monoisotopic (exact) mass is 774 g/mol. The van der Waals surface area contributed by atoms with Gasteiger partial charge in [-0.15, -0.1) is 0 Å². The Bertz CT molecular complexity index is 3340. The van der Waals surface area contributed by atoms with Crippen LogP contribution in [0.1, 0.15) is 22.3 Å². The lowest BCUT2D eigenvalue weighted by Gasteiger charge is -2.40. The molecule has 2 aliphatic carbocycles. The summed E-state index contributed by atoms with van der Waals surface area (Å²) in [7, 11) is 0. The molecule has 1 atom stereocenters. The number of rotatable bonds is 5. The highest BCUT2D eigenvalue weighted by molar-refractivity contribution is 6.07. The Hall–Kier alpha value is -8.26. The van der Waals surface area contributed by atoms with E-state index in [9.17, 15) is 0 Å². The van der Waals surface area contributed by atoms with Crippen LogP contribution in [0, 0.1) is 6.57 Å². The maximum absolute atomic E-state index is 7.53. The second-order valence-corrected chi connectivity index (χ2v) is 15.8. The lowest BCUT2D eigenvalue weighted by molar-refractivity contribution is 0.774. The van der Waals surface area contributed by atoms with E-state index in [1.54, 1.807) is 0 Å². The van der Waals surface area contributed by atoms with Crippen molar-refractivity contribution >= 4 is 16.5 Å². The minimum Gasteiger partial charge on any atom is -0.238 e. The fraction of sp³-hybridized carbons (Fsp3) is 0.0175. The van der Waals surface area contributed by atoms with Crippen LogP contribution in [0.3, 0.4) is 0 Å². The predicted molar refractivity (Wildman–Crippen MR) is 247 cm³/mol. The van der Waals surface area contributed by atoms with E-state index in [1.807, 2.05) is 72.8 Å². The average Bonchev–Trinajstić information content (AvgIpc) is 3.63. The molecule has 0 saturated carbocycles. The van der Waals surface area contributed by atoms with Crippen LogP contribution in [-0.2, 0) is 5.41 Å². The van der Waals surface area contributed by atoms with Crippen molar-refractivity contribution in [3.05, 3.63) is 240 Å². The SMILES string of the molecule is [C-]#[N+]c1ccc(-c2ccc3c(c2)C2(c4cc(-c5ccc(-c6nc(-c7ccccc7)nc(-c7ccccc7)n6)cc5)ccc4-3)c3ccccc3-c3cccc4cccc2c34)cc1. The molecule has 0 bridgehead atoms. The van der Waals surface area contributed by atoms with Crippen LogP contribution in [0.4, 0.5) is 5.69 Å². The summed E-state index contributed by atoms with van der Waals surface area (Å²) in [4.78, 5) is 18.5. The van der Waals surface area contributed by atoms with Crippen molar-refractivity contribution in [2.45, 2.75) is 5.41 Å². The molecule has 0 fully saturated rings. The minimum atomic E-state index is -0.579. The molecule has 0 N–H and O–H groups in total. The minimum absolute atomic E-state index is 0.579. The van der Waals surface area contributed by atoms with E-state index >= 15 is 0 Å². The molecule has 0 amide bonds. The number of nitrogens with zero attached hydrogens (tertiary/aromatic N) is 4. The van der Waals surface area contributed by atoms with Gasteiger partial charge in [-0.2, -0.15) is 0 Å². The molecule has 10 aromatic rings. The molecule has 0 radical (unpaired) electrons. The molecule has 2 aliphatic rings. The van der Waals surface area contributed by atoms with E-state index in [-0.39, 0.29) is 0 Å². The molecule has 0 aliphatic heterocycles. The van der Waals surface area contributed by atoms with Gasteiger partial charge in [-0.3, -0.25) is 0 Å². The summed E-state index contributed by atoms with van der Waals surface area (Å²) in [5, 5.41) is 2.53. The standard InChI is InChI=1S/C57H34N4/c1-58-44-30-26-37(27-31-44)43-29-33-47-46-32-28-42(34-51(46)57(52(47)35-43)49-20-9-8-18-45(49)48-19-10-16-38-17-11-21-50(57)53(38)48)36-22-24-41(25-23-36)56-60-54(39-12-4-2-5-13-39)59-55(61-56)40-14-6-3-7-15-40/h2-35H. The Labute approximate surface area is 354 Å². The molecule has 1 unspecified atom stereocenters. The first-order chi connectivity index (χ1) is 30.2. The highest BCUT2D eigenvalue weighted by Gasteiger charge is 2.50. The molecular formula is C57H34N4. The molecule has 4 heteroatoms. The number of aromatic nitrogens is 3. The van der Waals surface area contributed by atoms with Gasteiger partial charge in [-0.05, 0) is 89.7 Å². The second kappa shape index (κ2) is 13.7. The zero-order chi connectivity index (χ0) is 40.5. The first kappa shape index (κ1) is 34.8. The summed E-state index contributed by atoms with van der Waals surface area (Å²) in [6, 6.07) is 73.3. The summed E-state index contributed by atoms with van der Waals surface area (Å²) < 4.78 is 0. The van der Waals surface area contributed by atoms with Gasteiger partial charge < -0.3 is 0 Å². The van der Waals surface area contributed by atoms with Crippen LogP contribution in [0.5, 0.6) is 0 Å². The van der Waals surface area contributed by atoms with E-state index < -0.39 is 5.41 Å². The zero-order valence-corrected chi connectivity index (χ0v) is 32.9. The Morgan fingerprint density at radius 2 is 0.754 bits per heavy atom. The van der Waals surface area contributed by atoms with E-state index in [0.717, 1.165) is 38.9 Å². The number of fused-ring (bicyclic) bond motifs is 9. The van der Waals surface area contributed by atoms with Crippen molar-refractivity contribution in [2.75, 3.05) is 0 Å². The second-order valence-electron chi connectivity index (χ2n) is 15.8. The van der Waals surface area contributed by atoms with Crippen LogP contribution in [0.25, 0.3) is 94.3 Å². The van der Waals surface area contributed by atoms with Crippen molar-refractivity contribution in [3.8, 4) is 78.7 Å². The Morgan fingerprint density at radius 1 is 0.328 bits per heavy atom. The summed E-state index contributed by atoms with van der Waals surface area (Å²) in [6.07, 6.45) is 0. The summed E-state index contributed by atoms with van der Waals surface area (Å²) in [5.41, 5.74) is 17.5. The summed E-state index contributed by atoms with van der Waals surface area (Å²) >= 11 is 0. The van der Waals surface area contributed by atoms with Crippen molar-refractivity contribution in [2.24, 2.45) is 0 Å². The molecule has 61 heavy (non-hydrogen) atoms. The number of benzene rings is 9. The molecule has 9 aromatic carbocycles. The fourth-order valence-electron chi connectivity index (χ4n) is 9.81. The van der Waals surface area contributed by atoms with Crippen LogP contribution in [0.15, 0.2) is 206 Å². The Balaban J connectivity index is 1.04. The fourth-order valence-corrected chi connectivity index (χ4v) is 9.81. The van der Waals surface area contributed by atoms with E-state index in [1.165, 1.54) is 55.3 Å². The molecule has 0 saturated heterocycles. The Kier molecular flexibility index (Phi) is 7.78. The topological polar surface area (TPSA) is 43.0 Å². The van der Waals surface area contributed by atoms with Crippen LogP contribution < -0.4 is 0 Å². The lowest BCUT2D eigenvalue weighted by atomic mass is 9.61. The zero-order valence-electron chi connectivity index (χ0n) is 32.9. The van der Waals surface area contributed by atoms with Gasteiger partial charge >= 0.3 is 0 Å². The smallest absolute Gasteiger partial charge is 0.187 e. The van der Waals surface area contributed by atoms with E-state index in [2.05, 4.69) is 138 Å². The largest absolute Gasteiger partial charge is 0.238 e. The molecule has 4 nitrogen and oxygen atoms in total. The predicted octanol–water partition coefficient (Wildman–Crippen LogP) is 14.3. The van der Waals surface area contributed by atoms with E-state index in [4.69, 9.17) is 21.5 Å². The lowest BCUT2D eigenvalue weighted by Crippen LogP contribution is -2.31. The highest BCUT2D eigenvalue weighted by atomic mass is 15.0. The normalized spacial score (nSPS) is 14.3. The molecule has 282 valence electrons. The van der Waals surface area contributed by atoms with Crippen molar-refractivity contribution in [1.29, 1.82) is 0 Å². The maximum atomic E-state index is 7.53. The van der Waals surface area contributed by atoms with Crippen LogP contribution in [0.2, 0.25) is 0 Å². The van der Waals surface area contributed by atoms with Gasteiger partial charge in [0.05, 0.1) is 12.0 Å². The van der Waals surface area contributed by atoms with Crippen LogP contribution in [-0.4, -0.2) is 15.0 Å². The summed E-state index contributed by atoms with van der Waals surface area (Å²) in [5.74, 6) is 1.92. The molecule has 1 heterocycles. The maximum Gasteiger partial charge on any atom is 0.187 e. The van der Waals surface area contributed by atoms with Gasteiger partial charge in [0.1, 0.15) is 0 Å². The van der Waals surface area contributed by atoms with Gasteiger partial charge in [0.25, 0.3) is 0 Å². The Morgan fingerprint density at radius 3 is 1.33 bits per heavy atom. The van der Waals surface area contributed by atoms with Gasteiger partial charge in [0.2, 0.25) is 0 Å². The van der Waals surface area contributed by atoms with E-state index in [0.29, 0.717) is 23.2 Å². The highest BCUT2D eigenvalue weighted by Crippen LogP contribution is 2.62. The first-order valence-corrected chi connectivity index (χ1v) is 20.5. The van der Waals surface area contributed by atoms with Crippen LogP contribution >= 0.6 is 0 Å². The number of hydrogen-bond acceptors (Lipinski definition) is 3. The van der Waals surface area contributed by atoms with Crippen molar-refractivity contribution in [1.82, 2.24) is 15.0 Å². The number of hydrogen-bond donors (Lipinski definition) is 0. The third kappa shape index (κ3) is 5.35. The average molecular weight is 775 g/mol. The molecule has 1 aromatic heterocycles. The molecular weight excluding hydrogens is 741 g/mol. The first-order valence-electron chi connectivity index (χ1n) is 20.5. The summed E-state index contributed by atoms with van der Waals surface area (Å²) in [6.45, 7) is 7.53. The van der Waals surface area contributed by atoms with Crippen molar-refractivity contribution < 1.29 is 0 Å². The molecule has 12 rings (SSSR count). The third-order valence-corrected chi connectivity index (χ3v) is 12.6. The van der Waals surface area contributed by atoms with Gasteiger partial charge in [0, 0.05) is 16.7 Å². The van der Waals surface area contributed by atoms with Gasteiger partial charge in [-0.25, -0.2) is 19.8 Å². The van der Waals surface area contributed by atoms with Gasteiger partial charge in [-0.1, -0.05) is 194 Å².